The maximum atomic E-state index is 15.2. The molecule has 6 atom stereocenters. The van der Waals surface area contributed by atoms with Crippen LogP contribution < -0.4 is 15.1 Å². The number of fused-ring (bicyclic) bond motifs is 5. The second-order valence-electron chi connectivity index (χ2n) is 16.1. The van der Waals surface area contributed by atoms with Gasteiger partial charge >= 0.3 is 0 Å². The van der Waals surface area contributed by atoms with E-state index < -0.39 is 64.3 Å². The van der Waals surface area contributed by atoms with Crippen LogP contribution in [0.1, 0.15) is 36.8 Å². The zero-order valence-electron chi connectivity index (χ0n) is 32.1. The number of aromatic hydroxyl groups is 1. The molecule has 296 valence electrons. The Morgan fingerprint density at radius 3 is 2.39 bits per heavy atom. The molecule has 0 spiro atoms. The number of hydrogen-bond acceptors (Lipinski definition) is 8. The molecule has 3 fully saturated rings. The molecule has 2 aromatic heterocycles. The molecular weight excluding hydrogens is 789 g/mol. The zero-order chi connectivity index (χ0) is 41.1. The largest absolute Gasteiger partial charge is 0.505 e. The van der Waals surface area contributed by atoms with Gasteiger partial charge in [0.15, 0.2) is 11.6 Å². The number of para-hydroxylation sites is 2. The Bertz CT molecular complexity index is 2820. The molecule has 1 saturated carbocycles. The molecular formula is C46H37ClFN5O5S. The van der Waals surface area contributed by atoms with Crippen molar-refractivity contribution in [2.75, 3.05) is 15.1 Å². The predicted molar refractivity (Wildman–Crippen MR) is 225 cm³/mol. The van der Waals surface area contributed by atoms with Crippen molar-refractivity contribution in [1.82, 2.24) is 9.78 Å². The van der Waals surface area contributed by atoms with Crippen LogP contribution >= 0.6 is 22.9 Å². The summed E-state index contributed by atoms with van der Waals surface area (Å²) in [5.74, 6) is -7.10. The highest BCUT2D eigenvalue weighted by molar-refractivity contribution is 7.22. The van der Waals surface area contributed by atoms with Crippen molar-refractivity contribution in [2.45, 2.75) is 32.6 Å². The zero-order valence-corrected chi connectivity index (χ0v) is 33.7. The number of aromatic nitrogens is 2. The molecule has 0 bridgehead atoms. The molecule has 59 heavy (non-hydrogen) atoms. The third-order valence-electron chi connectivity index (χ3n) is 13.0. The van der Waals surface area contributed by atoms with E-state index in [-0.39, 0.29) is 30.1 Å². The fourth-order valence-corrected chi connectivity index (χ4v) is 11.5. The van der Waals surface area contributed by atoms with Crippen LogP contribution in [0.2, 0.25) is 5.02 Å². The van der Waals surface area contributed by atoms with E-state index in [0.29, 0.717) is 22.0 Å². The van der Waals surface area contributed by atoms with Crippen LogP contribution in [0.15, 0.2) is 109 Å². The Balaban J connectivity index is 1.03. The highest BCUT2D eigenvalue weighted by Crippen LogP contribution is 2.64. The maximum absolute atomic E-state index is 15.2. The van der Waals surface area contributed by atoms with Gasteiger partial charge in [-0.1, -0.05) is 53.6 Å². The molecule has 13 heteroatoms. The number of amides is 4. The summed E-state index contributed by atoms with van der Waals surface area (Å²) in [6, 6.07) is 28.3. The molecule has 10 nitrogen and oxygen atoms in total. The number of phenolic OH excluding ortho intramolecular Hbond substituents is 1. The van der Waals surface area contributed by atoms with Gasteiger partial charge in [-0.3, -0.25) is 28.8 Å². The van der Waals surface area contributed by atoms with Gasteiger partial charge < -0.3 is 10.4 Å². The summed E-state index contributed by atoms with van der Waals surface area (Å²) in [7, 11) is 1.67. The third kappa shape index (κ3) is 5.45. The predicted octanol–water partition coefficient (Wildman–Crippen LogP) is 9.29. The first-order valence-electron chi connectivity index (χ1n) is 19.5. The molecule has 10 rings (SSSR count). The number of carbonyl (C=O) groups excluding carboxylic acids is 4. The normalized spacial score (nSPS) is 25.0. The fraction of sp³-hybridized carbons (Fsp3) is 0.239. The Hall–Kier alpha value is -6.11. The molecule has 0 radical (unpaired) electrons. The first-order chi connectivity index (χ1) is 28.4. The Morgan fingerprint density at radius 1 is 0.881 bits per heavy atom. The number of anilines is 4. The molecule has 6 unspecified atom stereocenters. The van der Waals surface area contributed by atoms with Crippen molar-refractivity contribution in [3.8, 4) is 16.3 Å². The fourth-order valence-electron chi connectivity index (χ4n) is 10.2. The molecule has 4 aliphatic rings. The SMILES string of the molecule is Cc1c(-c2cc(N3C(=O)C4CC5C(=CCC6C(=O)N(c7ccc(Nc8ccccc8)cc7)C(=O)C65)C(c5cccc(F)c5O)C4(C)C3=O)n(C)n2)sc2ccc(Cl)cc12. The monoisotopic (exact) mass is 825 g/mol. The van der Waals surface area contributed by atoms with E-state index in [1.54, 1.807) is 38.2 Å². The number of imide groups is 2. The quantitative estimate of drug-likeness (QED) is 0.127. The lowest BCUT2D eigenvalue weighted by molar-refractivity contribution is -0.131. The number of carbonyl (C=O) groups is 4. The second kappa shape index (κ2) is 13.5. The van der Waals surface area contributed by atoms with Gasteiger partial charge in [0.1, 0.15) is 11.5 Å². The standard InChI is InChI=1S/C46H37ClFN5O5S/c1-23-31-20-24(47)12-19-36(31)59-41(23)35-22-37(51(3)50-35)53-43(56)33-21-32-28(39(46(33,2)45(53)58)30-10-7-11-34(48)40(30)54)17-18-29-38(32)44(57)52(42(29)55)27-15-13-26(14-16-27)49-25-8-5-4-6-9-25/h4-17,19-20,22,29,32-33,38-39,49,54H,18,21H2,1-3H3. The van der Waals surface area contributed by atoms with Crippen molar-refractivity contribution in [3.05, 3.63) is 131 Å². The van der Waals surface area contributed by atoms with Gasteiger partial charge in [0, 0.05) is 45.7 Å². The minimum absolute atomic E-state index is 0.102. The average Bonchev–Trinajstić information content (AvgIpc) is 3.90. The number of nitrogens with zero attached hydrogens (tertiary/aromatic N) is 4. The minimum atomic E-state index is -1.49. The number of phenols is 1. The Morgan fingerprint density at radius 2 is 1.63 bits per heavy atom. The maximum Gasteiger partial charge on any atom is 0.242 e. The van der Waals surface area contributed by atoms with Crippen LogP contribution in [0.3, 0.4) is 0 Å². The van der Waals surface area contributed by atoms with E-state index >= 15 is 9.18 Å². The lowest BCUT2D eigenvalue weighted by Crippen LogP contribution is -2.49. The van der Waals surface area contributed by atoms with Gasteiger partial charge in [-0.2, -0.15) is 5.10 Å². The van der Waals surface area contributed by atoms with Crippen molar-refractivity contribution in [1.29, 1.82) is 0 Å². The van der Waals surface area contributed by atoms with E-state index in [1.165, 1.54) is 31.9 Å². The summed E-state index contributed by atoms with van der Waals surface area (Å²) in [5.41, 5.74) is 2.95. The van der Waals surface area contributed by atoms with Crippen molar-refractivity contribution in [2.24, 2.45) is 36.1 Å². The molecule has 2 aliphatic carbocycles. The Kier molecular flexibility index (Phi) is 8.49. The number of benzene rings is 4. The molecule has 4 heterocycles. The van der Waals surface area contributed by atoms with Crippen LogP contribution in [0.25, 0.3) is 20.7 Å². The van der Waals surface area contributed by atoms with Crippen LogP contribution in [0.5, 0.6) is 5.75 Å². The highest BCUT2D eigenvalue weighted by Gasteiger charge is 2.68. The van der Waals surface area contributed by atoms with Crippen LogP contribution in [0, 0.1) is 41.8 Å². The van der Waals surface area contributed by atoms with Crippen LogP contribution in [0.4, 0.5) is 27.3 Å². The molecule has 6 aromatic rings. The summed E-state index contributed by atoms with van der Waals surface area (Å²) in [6.07, 6.45) is 2.18. The highest BCUT2D eigenvalue weighted by atomic mass is 35.5. The number of allylic oxidation sites excluding steroid dienone is 2. The van der Waals surface area contributed by atoms with Crippen molar-refractivity contribution < 1.29 is 28.7 Å². The topological polar surface area (TPSA) is 125 Å². The number of hydrogen-bond donors (Lipinski definition) is 2. The molecule has 2 N–H and O–H groups in total. The van der Waals surface area contributed by atoms with E-state index in [0.717, 1.165) is 38.0 Å². The number of rotatable bonds is 6. The summed E-state index contributed by atoms with van der Waals surface area (Å²) < 4.78 is 17.8. The number of aryl methyl sites for hydroxylation is 2. The van der Waals surface area contributed by atoms with Gasteiger partial charge in [0.2, 0.25) is 23.6 Å². The summed E-state index contributed by atoms with van der Waals surface area (Å²) >= 11 is 7.85. The van der Waals surface area contributed by atoms with Gasteiger partial charge in [0.05, 0.1) is 33.7 Å². The molecule has 4 aromatic carbocycles. The Labute approximate surface area is 347 Å². The molecule has 4 amide bonds. The summed E-state index contributed by atoms with van der Waals surface area (Å²) in [6.45, 7) is 3.68. The third-order valence-corrected chi connectivity index (χ3v) is 14.5. The summed E-state index contributed by atoms with van der Waals surface area (Å²) in [5, 5.41) is 21.0. The van der Waals surface area contributed by atoms with Gasteiger partial charge in [-0.25, -0.2) is 9.29 Å². The van der Waals surface area contributed by atoms with Crippen molar-refractivity contribution in [3.63, 3.8) is 0 Å². The van der Waals surface area contributed by atoms with Gasteiger partial charge in [-0.15, -0.1) is 11.3 Å². The number of halogens is 2. The lowest BCUT2D eigenvalue weighted by Gasteiger charge is -2.49. The van der Waals surface area contributed by atoms with Crippen molar-refractivity contribution >= 4 is 79.5 Å². The number of nitrogens with one attached hydrogen (secondary N) is 1. The average molecular weight is 826 g/mol. The van der Waals surface area contributed by atoms with Crippen LogP contribution in [-0.4, -0.2) is 38.5 Å². The summed E-state index contributed by atoms with van der Waals surface area (Å²) in [4.78, 5) is 62.1. The second-order valence-corrected chi connectivity index (χ2v) is 17.6. The van der Waals surface area contributed by atoms with E-state index in [1.807, 2.05) is 73.7 Å². The molecule has 2 aliphatic heterocycles. The van der Waals surface area contributed by atoms with E-state index in [9.17, 15) is 19.5 Å². The number of thiophene rings is 1. The lowest BCUT2D eigenvalue weighted by atomic mass is 9.51. The van der Waals surface area contributed by atoms with Gasteiger partial charge in [-0.05, 0) is 104 Å². The van der Waals surface area contributed by atoms with Gasteiger partial charge in [0.25, 0.3) is 0 Å². The van der Waals surface area contributed by atoms with E-state index in [4.69, 9.17) is 16.7 Å². The smallest absolute Gasteiger partial charge is 0.242 e. The minimum Gasteiger partial charge on any atom is -0.505 e. The first kappa shape index (κ1) is 37.2. The van der Waals surface area contributed by atoms with E-state index in [2.05, 4.69) is 5.32 Å². The molecule has 2 saturated heterocycles. The first-order valence-corrected chi connectivity index (χ1v) is 20.6. The van der Waals surface area contributed by atoms with Crippen LogP contribution in [-0.2, 0) is 26.2 Å².